The highest BCUT2D eigenvalue weighted by Crippen LogP contribution is 2.15. The molecule has 1 N–H and O–H groups in total. The second kappa shape index (κ2) is 5.63. The van der Waals surface area contributed by atoms with Crippen molar-refractivity contribution >= 4 is 23.2 Å². The lowest BCUT2D eigenvalue weighted by Gasteiger charge is -2.05. The predicted molar refractivity (Wildman–Crippen MR) is 67.1 cm³/mol. The maximum absolute atomic E-state index is 5.80. The summed E-state index contributed by atoms with van der Waals surface area (Å²) in [5, 5.41) is 7.08. The summed E-state index contributed by atoms with van der Waals surface area (Å²) in [6.07, 6.45) is 4.32. The Bertz CT molecular complexity index is 529. The van der Waals surface area contributed by atoms with Gasteiger partial charge in [-0.3, -0.25) is 4.68 Å². The molecule has 0 spiro atoms. The average molecular weight is 269 g/mol. The van der Waals surface area contributed by atoms with Gasteiger partial charge in [-0.15, -0.1) is 0 Å². The second-order valence-electron chi connectivity index (χ2n) is 3.59. The summed E-state index contributed by atoms with van der Waals surface area (Å²) in [6.45, 7) is 2.53. The minimum absolute atomic E-state index is 0.0856. The van der Waals surface area contributed by atoms with E-state index in [1.54, 1.807) is 17.1 Å². The van der Waals surface area contributed by atoms with E-state index in [0.717, 1.165) is 12.1 Å². The van der Waals surface area contributed by atoms with E-state index in [2.05, 4.69) is 25.4 Å². The van der Waals surface area contributed by atoms with Crippen molar-refractivity contribution in [1.29, 1.82) is 0 Å². The van der Waals surface area contributed by atoms with Gasteiger partial charge < -0.3 is 10.1 Å². The van der Waals surface area contributed by atoms with Crippen LogP contribution in [0.5, 0.6) is 6.01 Å². The molecule has 0 saturated carbocycles. The normalized spacial score (nSPS) is 10.4. The zero-order valence-electron chi connectivity index (χ0n) is 10.1. The number of aryl methyl sites for hydroxylation is 1. The van der Waals surface area contributed by atoms with Crippen molar-refractivity contribution in [3.8, 4) is 6.01 Å². The van der Waals surface area contributed by atoms with Gasteiger partial charge in [0, 0.05) is 13.2 Å². The average Bonchev–Trinajstić information content (AvgIpc) is 2.71. The molecule has 7 nitrogen and oxygen atoms in total. The fraction of sp³-hybridized carbons (Fsp3) is 0.400. The molecule has 8 heteroatoms. The molecule has 18 heavy (non-hydrogen) atoms. The Labute approximate surface area is 109 Å². The van der Waals surface area contributed by atoms with Gasteiger partial charge >= 0.3 is 6.01 Å². The summed E-state index contributed by atoms with van der Waals surface area (Å²) in [5.41, 5.74) is 0.765. The maximum atomic E-state index is 5.80. The number of rotatable bonds is 5. The molecule has 0 atom stereocenters. The molecule has 0 radical (unpaired) electrons. The van der Waals surface area contributed by atoms with Gasteiger partial charge in [0.1, 0.15) is 0 Å². The van der Waals surface area contributed by atoms with Gasteiger partial charge in [0.15, 0.2) is 0 Å². The Hall–Kier alpha value is -1.89. The fourth-order valence-electron chi connectivity index (χ4n) is 1.26. The van der Waals surface area contributed by atoms with Gasteiger partial charge in [-0.1, -0.05) is 6.92 Å². The van der Waals surface area contributed by atoms with Crippen molar-refractivity contribution in [2.45, 2.75) is 13.3 Å². The number of nitrogens with one attached hydrogen (secondary N) is 1. The Kier molecular flexibility index (Phi) is 3.93. The molecule has 0 aromatic carbocycles. The van der Waals surface area contributed by atoms with Gasteiger partial charge in [-0.25, -0.2) is 0 Å². The van der Waals surface area contributed by atoms with Crippen LogP contribution in [-0.2, 0) is 7.05 Å². The van der Waals surface area contributed by atoms with Crippen LogP contribution in [0.4, 0.5) is 11.6 Å². The highest BCUT2D eigenvalue weighted by molar-refractivity contribution is 6.28. The van der Waals surface area contributed by atoms with Gasteiger partial charge in [-0.2, -0.15) is 20.1 Å². The number of ether oxygens (including phenoxy) is 1. The lowest BCUT2D eigenvalue weighted by Crippen LogP contribution is -2.04. The van der Waals surface area contributed by atoms with Gasteiger partial charge in [0.25, 0.3) is 0 Å². The van der Waals surface area contributed by atoms with Gasteiger partial charge in [0.05, 0.1) is 18.5 Å². The number of hydrogen-bond donors (Lipinski definition) is 1. The zero-order chi connectivity index (χ0) is 13.0. The molecule has 0 amide bonds. The van der Waals surface area contributed by atoms with Crippen LogP contribution in [0.1, 0.15) is 13.3 Å². The van der Waals surface area contributed by atoms with Crippen molar-refractivity contribution in [3.63, 3.8) is 0 Å². The van der Waals surface area contributed by atoms with Crippen molar-refractivity contribution in [1.82, 2.24) is 24.7 Å². The highest BCUT2D eigenvalue weighted by Gasteiger charge is 2.07. The van der Waals surface area contributed by atoms with E-state index < -0.39 is 0 Å². The molecule has 0 aliphatic carbocycles. The minimum Gasteiger partial charge on any atom is -0.463 e. The predicted octanol–water partition coefficient (Wildman–Crippen LogP) is 1.79. The standard InChI is InChI=1S/C10H13ClN6O/c1-3-4-18-10-15-8(11)14-9(16-10)13-7-5-12-17(2)6-7/h5-6H,3-4H2,1-2H3,(H,13,14,15,16). The molecule has 96 valence electrons. The van der Waals surface area contributed by atoms with Crippen LogP contribution in [0.3, 0.4) is 0 Å². The third kappa shape index (κ3) is 3.30. The molecule has 2 rings (SSSR count). The van der Waals surface area contributed by atoms with Crippen LogP contribution in [0.15, 0.2) is 12.4 Å². The van der Waals surface area contributed by atoms with Crippen LogP contribution in [0.2, 0.25) is 5.28 Å². The lowest BCUT2D eigenvalue weighted by atomic mass is 10.5. The molecule has 2 aromatic heterocycles. The van der Waals surface area contributed by atoms with E-state index in [4.69, 9.17) is 16.3 Å². The zero-order valence-corrected chi connectivity index (χ0v) is 10.8. The molecule has 0 saturated heterocycles. The van der Waals surface area contributed by atoms with Crippen molar-refractivity contribution < 1.29 is 4.74 Å². The van der Waals surface area contributed by atoms with Crippen LogP contribution < -0.4 is 10.1 Å². The molecule has 0 bridgehead atoms. The quantitative estimate of drug-likeness (QED) is 0.891. The third-order valence-electron chi connectivity index (χ3n) is 1.98. The SMILES string of the molecule is CCCOc1nc(Cl)nc(Nc2cnn(C)c2)n1. The van der Waals surface area contributed by atoms with E-state index >= 15 is 0 Å². The highest BCUT2D eigenvalue weighted by atomic mass is 35.5. The summed E-state index contributed by atoms with van der Waals surface area (Å²) in [7, 11) is 1.82. The number of nitrogens with zero attached hydrogens (tertiary/aromatic N) is 5. The second-order valence-corrected chi connectivity index (χ2v) is 3.92. The van der Waals surface area contributed by atoms with E-state index in [0.29, 0.717) is 12.6 Å². The van der Waals surface area contributed by atoms with E-state index in [9.17, 15) is 0 Å². The van der Waals surface area contributed by atoms with Gasteiger partial charge in [0.2, 0.25) is 11.2 Å². The number of hydrogen-bond acceptors (Lipinski definition) is 6. The van der Waals surface area contributed by atoms with Crippen LogP contribution >= 0.6 is 11.6 Å². The topological polar surface area (TPSA) is 77.8 Å². The van der Waals surface area contributed by atoms with Crippen LogP contribution in [0, 0.1) is 0 Å². The Morgan fingerprint density at radius 3 is 2.89 bits per heavy atom. The summed E-state index contributed by atoms with van der Waals surface area (Å²) in [6, 6.07) is 0.211. The summed E-state index contributed by atoms with van der Waals surface area (Å²) >= 11 is 5.80. The third-order valence-corrected chi connectivity index (χ3v) is 2.15. The van der Waals surface area contributed by atoms with Crippen molar-refractivity contribution in [3.05, 3.63) is 17.7 Å². The summed E-state index contributed by atoms with van der Waals surface area (Å²) in [4.78, 5) is 11.9. The first-order valence-electron chi connectivity index (χ1n) is 5.47. The maximum Gasteiger partial charge on any atom is 0.322 e. The Morgan fingerprint density at radius 1 is 1.39 bits per heavy atom. The summed E-state index contributed by atoms with van der Waals surface area (Å²) < 4.78 is 6.98. The first-order valence-corrected chi connectivity index (χ1v) is 5.85. The number of halogens is 1. The first-order chi connectivity index (χ1) is 8.67. The lowest BCUT2D eigenvalue weighted by molar-refractivity contribution is 0.292. The molecule has 0 unspecified atom stereocenters. The largest absolute Gasteiger partial charge is 0.463 e. The Morgan fingerprint density at radius 2 is 2.22 bits per heavy atom. The summed E-state index contributed by atoms with van der Waals surface area (Å²) in [5.74, 6) is 0.328. The fourth-order valence-corrected chi connectivity index (χ4v) is 1.41. The monoisotopic (exact) mass is 268 g/mol. The van der Waals surface area contributed by atoms with Crippen LogP contribution in [0.25, 0.3) is 0 Å². The smallest absolute Gasteiger partial charge is 0.322 e. The number of aromatic nitrogens is 5. The van der Waals surface area contributed by atoms with E-state index in [-0.39, 0.29) is 11.3 Å². The van der Waals surface area contributed by atoms with Crippen LogP contribution in [-0.4, -0.2) is 31.3 Å². The van der Waals surface area contributed by atoms with Crippen molar-refractivity contribution in [2.75, 3.05) is 11.9 Å². The molecule has 0 fully saturated rings. The molecule has 0 aliphatic rings. The van der Waals surface area contributed by atoms with Crippen molar-refractivity contribution in [2.24, 2.45) is 7.05 Å². The van der Waals surface area contributed by atoms with Gasteiger partial charge in [-0.05, 0) is 18.0 Å². The molecule has 2 heterocycles. The minimum atomic E-state index is 0.0856. The molecular weight excluding hydrogens is 256 g/mol. The molecule has 2 aromatic rings. The van der Waals surface area contributed by atoms with E-state index in [1.807, 2.05) is 14.0 Å². The van der Waals surface area contributed by atoms with E-state index in [1.165, 1.54) is 0 Å². The Balaban J connectivity index is 2.14. The molecule has 0 aliphatic heterocycles. The number of anilines is 2. The first kappa shape index (κ1) is 12.6. The molecular formula is C10H13ClN6O.